The van der Waals surface area contributed by atoms with E-state index in [-0.39, 0.29) is 5.56 Å². The van der Waals surface area contributed by atoms with Gasteiger partial charge in [0.2, 0.25) is 5.16 Å². The van der Waals surface area contributed by atoms with Crippen LogP contribution in [0, 0.1) is 0 Å². The molecular weight excluding hydrogens is 278 g/mol. The summed E-state index contributed by atoms with van der Waals surface area (Å²) in [6, 6.07) is 1.99. The number of hydrogen-bond acceptors (Lipinski definition) is 6. The molecule has 0 amide bonds. The van der Waals surface area contributed by atoms with E-state index in [0.717, 1.165) is 12.8 Å². The van der Waals surface area contributed by atoms with Crippen LogP contribution < -0.4 is 0 Å². The fourth-order valence-corrected chi connectivity index (χ4v) is 3.29. The molecule has 1 aliphatic carbocycles. The molecule has 20 heavy (non-hydrogen) atoms. The monoisotopic (exact) mass is 291 g/mol. The summed E-state index contributed by atoms with van der Waals surface area (Å²) < 4.78 is 1.81. The Labute approximate surface area is 119 Å². The highest BCUT2D eigenvalue weighted by atomic mass is 32.2. The molecule has 0 aliphatic heterocycles. The van der Waals surface area contributed by atoms with Gasteiger partial charge in [-0.1, -0.05) is 12.8 Å². The van der Waals surface area contributed by atoms with Crippen LogP contribution in [0.2, 0.25) is 0 Å². The molecule has 0 unspecified atom stereocenters. The van der Waals surface area contributed by atoms with Crippen LogP contribution in [0.3, 0.4) is 0 Å². The van der Waals surface area contributed by atoms with E-state index in [9.17, 15) is 4.79 Å². The van der Waals surface area contributed by atoms with Crippen LogP contribution in [0.25, 0.3) is 0 Å². The zero-order chi connectivity index (χ0) is 13.9. The largest absolute Gasteiger partial charge is 0.478 e. The normalized spacial score (nSPS) is 15.6. The Kier molecular flexibility index (Phi) is 3.64. The first-order chi connectivity index (χ1) is 9.75. The van der Waals surface area contributed by atoms with Crippen molar-refractivity contribution in [1.29, 1.82) is 0 Å². The van der Waals surface area contributed by atoms with Crippen LogP contribution in [-0.2, 0) is 0 Å². The number of hydrogen-bond donors (Lipinski definition) is 1. The molecule has 7 nitrogen and oxygen atoms in total. The topological polar surface area (TPSA) is 93.8 Å². The van der Waals surface area contributed by atoms with E-state index in [1.807, 2.05) is 4.68 Å². The van der Waals surface area contributed by atoms with Crippen LogP contribution >= 0.6 is 11.8 Å². The first-order valence-corrected chi connectivity index (χ1v) is 7.20. The summed E-state index contributed by atoms with van der Waals surface area (Å²) >= 11 is 1.27. The van der Waals surface area contributed by atoms with Crippen molar-refractivity contribution in [2.45, 2.75) is 41.8 Å². The molecule has 1 N–H and O–H groups in total. The van der Waals surface area contributed by atoms with Gasteiger partial charge in [-0.25, -0.2) is 9.48 Å². The standard InChI is InChI=1S/C12H13N5O2S/c18-11(19)9-7-13-6-5-10(9)20-12-14-15-16-17(12)8-3-1-2-4-8/h5-8H,1-4H2,(H,18,19). The molecule has 0 bridgehead atoms. The lowest BCUT2D eigenvalue weighted by Gasteiger charge is -2.11. The SMILES string of the molecule is O=C(O)c1cnccc1Sc1nnnn1C1CCCC1. The van der Waals surface area contributed by atoms with Gasteiger partial charge in [0, 0.05) is 17.3 Å². The molecule has 1 saturated carbocycles. The predicted molar refractivity (Wildman–Crippen MR) is 70.6 cm³/mol. The highest BCUT2D eigenvalue weighted by Gasteiger charge is 2.23. The zero-order valence-corrected chi connectivity index (χ0v) is 11.5. The lowest BCUT2D eigenvalue weighted by Crippen LogP contribution is -2.08. The number of pyridine rings is 1. The third kappa shape index (κ3) is 2.51. The van der Waals surface area contributed by atoms with Gasteiger partial charge in [-0.15, -0.1) is 5.10 Å². The molecule has 1 aliphatic rings. The van der Waals surface area contributed by atoms with Gasteiger partial charge < -0.3 is 5.11 Å². The summed E-state index contributed by atoms with van der Waals surface area (Å²) in [5.74, 6) is -1.000. The number of rotatable bonds is 4. The summed E-state index contributed by atoms with van der Waals surface area (Å²) in [5, 5.41) is 21.6. The highest BCUT2D eigenvalue weighted by Crippen LogP contribution is 2.34. The van der Waals surface area contributed by atoms with E-state index in [1.165, 1.54) is 30.8 Å². The number of tetrazole rings is 1. The summed E-state index contributed by atoms with van der Waals surface area (Å²) in [5.41, 5.74) is 0.165. The van der Waals surface area contributed by atoms with E-state index in [1.54, 1.807) is 12.3 Å². The van der Waals surface area contributed by atoms with Gasteiger partial charge in [0.25, 0.3) is 0 Å². The van der Waals surface area contributed by atoms with E-state index in [4.69, 9.17) is 5.11 Å². The van der Waals surface area contributed by atoms with Gasteiger partial charge in [0.1, 0.15) is 0 Å². The van der Waals surface area contributed by atoms with Crippen molar-refractivity contribution in [2.24, 2.45) is 0 Å². The fourth-order valence-electron chi connectivity index (χ4n) is 2.36. The zero-order valence-electron chi connectivity index (χ0n) is 10.6. The predicted octanol–water partition coefficient (Wildman–Crippen LogP) is 2.03. The molecule has 0 saturated heterocycles. The van der Waals surface area contributed by atoms with Crippen LogP contribution in [0.4, 0.5) is 0 Å². The van der Waals surface area contributed by atoms with Gasteiger partial charge in [-0.3, -0.25) is 4.98 Å². The van der Waals surface area contributed by atoms with Crippen LogP contribution in [0.5, 0.6) is 0 Å². The molecule has 0 radical (unpaired) electrons. The van der Waals surface area contributed by atoms with Crippen molar-refractivity contribution in [2.75, 3.05) is 0 Å². The van der Waals surface area contributed by atoms with Crippen molar-refractivity contribution < 1.29 is 9.90 Å². The van der Waals surface area contributed by atoms with Crippen LogP contribution in [-0.4, -0.2) is 36.3 Å². The minimum Gasteiger partial charge on any atom is -0.478 e. The van der Waals surface area contributed by atoms with Crippen molar-refractivity contribution >= 4 is 17.7 Å². The second kappa shape index (κ2) is 5.58. The van der Waals surface area contributed by atoms with Gasteiger partial charge in [-0.2, -0.15) is 0 Å². The van der Waals surface area contributed by atoms with E-state index < -0.39 is 5.97 Å². The smallest absolute Gasteiger partial charge is 0.338 e. The molecule has 1 fully saturated rings. The van der Waals surface area contributed by atoms with Gasteiger partial charge in [0.15, 0.2) is 0 Å². The van der Waals surface area contributed by atoms with Crippen molar-refractivity contribution in [3.63, 3.8) is 0 Å². The van der Waals surface area contributed by atoms with E-state index in [2.05, 4.69) is 20.5 Å². The Morgan fingerprint density at radius 1 is 1.40 bits per heavy atom. The lowest BCUT2D eigenvalue weighted by molar-refractivity contribution is 0.0692. The second-order valence-corrected chi connectivity index (χ2v) is 5.63. The number of carboxylic acid groups (broad SMARTS) is 1. The van der Waals surface area contributed by atoms with Crippen molar-refractivity contribution in [3.8, 4) is 0 Å². The Balaban J connectivity index is 1.88. The Bertz CT molecular complexity index is 624. The maximum absolute atomic E-state index is 11.2. The Morgan fingerprint density at radius 3 is 2.95 bits per heavy atom. The van der Waals surface area contributed by atoms with E-state index >= 15 is 0 Å². The number of carboxylic acids is 1. The molecule has 3 rings (SSSR count). The second-order valence-electron chi connectivity index (χ2n) is 4.62. The lowest BCUT2D eigenvalue weighted by atomic mass is 10.3. The summed E-state index contributed by atoms with van der Waals surface area (Å²) in [6.07, 6.45) is 7.42. The highest BCUT2D eigenvalue weighted by molar-refractivity contribution is 7.99. The summed E-state index contributed by atoms with van der Waals surface area (Å²) in [7, 11) is 0. The Morgan fingerprint density at radius 2 is 2.20 bits per heavy atom. The Hall–Kier alpha value is -1.96. The number of aromatic carboxylic acids is 1. The molecule has 0 spiro atoms. The number of aromatic nitrogens is 5. The van der Waals surface area contributed by atoms with Gasteiger partial charge in [-0.05, 0) is 41.1 Å². The minimum absolute atomic E-state index is 0.165. The molecule has 0 aromatic carbocycles. The molecule has 2 aromatic rings. The third-order valence-electron chi connectivity index (χ3n) is 3.35. The molecule has 0 atom stereocenters. The number of nitrogens with zero attached hydrogens (tertiary/aromatic N) is 5. The van der Waals surface area contributed by atoms with E-state index in [0.29, 0.717) is 16.1 Å². The molecule has 2 heterocycles. The maximum atomic E-state index is 11.2. The van der Waals surface area contributed by atoms with Crippen molar-refractivity contribution in [3.05, 3.63) is 24.0 Å². The molecular formula is C12H13N5O2S. The summed E-state index contributed by atoms with van der Waals surface area (Å²) in [6.45, 7) is 0. The molecule has 8 heteroatoms. The third-order valence-corrected chi connectivity index (χ3v) is 4.37. The first-order valence-electron chi connectivity index (χ1n) is 6.38. The maximum Gasteiger partial charge on any atom is 0.338 e. The first kappa shape index (κ1) is 13.0. The minimum atomic E-state index is -1.000. The average Bonchev–Trinajstić information content (AvgIpc) is 3.09. The summed E-state index contributed by atoms with van der Waals surface area (Å²) in [4.78, 5) is 15.6. The average molecular weight is 291 g/mol. The van der Waals surface area contributed by atoms with Gasteiger partial charge >= 0.3 is 5.97 Å². The van der Waals surface area contributed by atoms with Crippen LogP contribution in [0.15, 0.2) is 28.5 Å². The molecule has 2 aromatic heterocycles. The van der Waals surface area contributed by atoms with Gasteiger partial charge in [0.05, 0.1) is 11.6 Å². The van der Waals surface area contributed by atoms with Crippen LogP contribution in [0.1, 0.15) is 42.1 Å². The number of carbonyl (C=O) groups is 1. The molecule has 104 valence electrons. The quantitative estimate of drug-likeness (QED) is 0.921. The fraction of sp³-hybridized carbons (Fsp3) is 0.417. The van der Waals surface area contributed by atoms with Crippen molar-refractivity contribution in [1.82, 2.24) is 25.2 Å².